The average molecular weight is 230 g/mol. The Morgan fingerprint density at radius 3 is 2.67 bits per heavy atom. The lowest BCUT2D eigenvalue weighted by atomic mass is 10.1. The van der Waals surface area contributed by atoms with Gasteiger partial charge in [0.2, 0.25) is 0 Å². The van der Waals surface area contributed by atoms with Crippen molar-refractivity contribution in [2.75, 3.05) is 12.8 Å². The van der Waals surface area contributed by atoms with Crippen molar-refractivity contribution in [3.8, 4) is 5.75 Å². The van der Waals surface area contributed by atoms with Crippen LogP contribution in [0.25, 0.3) is 0 Å². The normalized spacial score (nSPS) is 9.92. The van der Waals surface area contributed by atoms with E-state index in [1.165, 1.54) is 5.56 Å². The maximum atomic E-state index is 5.68. The Morgan fingerprint density at radius 2 is 2.17 bits per heavy atom. The molecule has 0 radical (unpaired) electrons. The van der Waals surface area contributed by atoms with E-state index in [4.69, 9.17) is 10.5 Å². The lowest BCUT2D eigenvalue weighted by Crippen LogP contribution is -1.93. The third kappa shape index (κ3) is 1.72. The first-order valence-corrected chi connectivity index (χ1v) is 4.60. The van der Waals surface area contributed by atoms with Crippen LogP contribution in [0.15, 0.2) is 16.6 Å². The van der Waals surface area contributed by atoms with Crippen molar-refractivity contribution in [1.82, 2.24) is 0 Å². The van der Waals surface area contributed by atoms with E-state index in [0.29, 0.717) is 0 Å². The van der Waals surface area contributed by atoms with Crippen LogP contribution in [0.5, 0.6) is 5.75 Å². The second kappa shape index (κ2) is 3.81. The third-order valence-corrected chi connectivity index (χ3v) is 2.64. The maximum absolute atomic E-state index is 5.68. The van der Waals surface area contributed by atoms with Gasteiger partial charge in [-0.25, -0.2) is 0 Å². The molecule has 0 aliphatic carbocycles. The standard InChI is InChI=1S/C9H12BrNO/c1-3-6-4-7(11)5-8(12-2)9(6)10/h4-5H,3,11H2,1-2H3. The molecule has 0 amide bonds. The molecule has 0 fully saturated rings. The molecule has 1 rings (SSSR count). The number of aryl methyl sites for hydroxylation is 1. The molecule has 66 valence electrons. The second-order valence-electron chi connectivity index (χ2n) is 2.55. The van der Waals surface area contributed by atoms with E-state index < -0.39 is 0 Å². The molecule has 3 heteroatoms. The van der Waals surface area contributed by atoms with Crippen LogP contribution in [0.4, 0.5) is 5.69 Å². The van der Waals surface area contributed by atoms with Gasteiger partial charge in [0.1, 0.15) is 5.75 Å². The zero-order valence-electron chi connectivity index (χ0n) is 7.23. The largest absolute Gasteiger partial charge is 0.495 e. The summed E-state index contributed by atoms with van der Waals surface area (Å²) in [6, 6.07) is 3.76. The molecule has 0 atom stereocenters. The number of benzene rings is 1. The fraction of sp³-hybridized carbons (Fsp3) is 0.333. The lowest BCUT2D eigenvalue weighted by molar-refractivity contribution is 0.412. The number of nitrogen functional groups attached to an aromatic ring is 1. The van der Waals surface area contributed by atoms with Crippen molar-refractivity contribution < 1.29 is 4.74 Å². The first-order valence-electron chi connectivity index (χ1n) is 3.81. The average Bonchev–Trinajstić information content (AvgIpc) is 2.08. The zero-order valence-corrected chi connectivity index (χ0v) is 8.81. The first kappa shape index (κ1) is 9.39. The molecule has 2 N–H and O–H groups in total. The summed E-state index contributed by atoms with van der Waals surface area (Å²) in [5.74, 6) is 0.798. The highest BCUT2D eigenvalue weighted by Gasteiger charge is 2.05. The summed E-state index contributed by atoms with van der Waals surface area (Å²) < 4.78 is 6.14. The first-order chi connectivity index (χ1) is 5.69. The Labute approximate surface area is 80.8 Å². The number of anilines is 1. The van der Waals surface area contributed by atoms with Gasteiger partial charge in [0.05, 0.1) is 11.6 Å². The van der Waals surface area contributed by atoms with Crippen molar-refractivity contribution in [3.05, 3.63) is 22.2 Å². The molecule has 1 aromatic carbocycles. The van der Waals surface area contributed by atoms with E-state index in [9.17, 15) is 0 Å². The monoisotopic (exact) mass is 229 g/mol. The van der Waals surface area contributed by atoms with Crippen molar-refractivity contribution in [2.24, 2.45) is 0 Å². The van der Waals surface area contributed by atoms with Gasteiger partial charge in [-0.15, -0.1) is 0 Å². The molecule has 0 heterocycles. The van der Waals surface area contributed by atoms with Crippen molar-refractivity contribution in [1.29, 1.82) is 0 Å². The summed E-state index contributed by atoms with van der Waals surface area (Å²) in [6.45, 7) is 2.08. The molecule has 0 aliphatic heterocycles. The van der Waals surface area contributed by atoms with Gasteiger partial charge in [0.25, 0.3) is 0 Å². The van der Waals surface area contributed by atoms with Crippen LogP contribution in [0, 0.1) is 0 Å². The zero-order chi connectivity index (χ0) is 9.14. The van der Waals surface area contributed by atoms with Gasteiger partial charge in [0.15, 0.2) is 0 Å². The van der Waals surface area contributed by atoms with Gasteiger partial charge < -0.3 is 10.5 Å². The predicted octanol–water partition coefficient (Wildman–Crippen LogP) is 2.60. The second-order valence-corrected chi connectivity index (χ2v) is 3.34. The molecule has 0 saturated carbocycles. The van der Waals surface area contributed by atoms with E-state index >= 15 is 0 Å². The predicted molar refractivity (Wildman–Crippen MR) is 54.5 cm³/mol. The molecule has 0 bridgehead atoms. The van der Waals surface area contributed by atoms with Gasteiger partial charge in [-0.05, 0) is 34.0 Å². The summed E-state index contributed by atoms with van der Waals surface area (Å²) in [5.41, 5.74) is 7.59. The summed E-state index contributed by atoms with van der Waals surface area (Å²) in [6.07, 6.45) is 0.946. The van der Waals surface area contributed by atoms with Crippen molar-refractivity contribution >= 4 is 21.6 Å². The molecule has 0 spiro atoms. The van der Waals surface area contributed by atoms with Gasteiger partial charge in [-0.1, -0.05) is 6.92 Å². The SMILES string of the molecule is CCc1cc(N)cc(OC)c1Br. The molecular weight excluding hydrogens is 218 g/mol. The summed E-state index contributed by atoms with van der Waals surface area (Å²) >= 11 is 3.46. The lowest BCUT2D eigenvalue weighted by Gasteiger charge is -2.08. The Kier molecular flexibility index (Phi) is 2.98. The highest BCUT2D eigenvalue weighted by molar-refractivity contribution is 9.10. The Hall–Kier alpha value is -0.700. The highest BCUT2D eigenvalue weighted by atomic mass is 79.9. The molecule has 0 unspecified atom stereocenters. The maximum Gasteiger partial charge on any atom is 0.135 e. The summed E-state index contributed by atoms with van der Waals surface area (Å²) in [4.78, 5) is 0. The van der Waals surface area contributed by atoms with Crippen LogP contribution in [0.3, 0.4) is 0 Å². The summed E-state index contributed by atoms with van der Waals surface area (Å²) in [7, 11) is 1.64. The molecule has 0 aromatic heterocycles. The van der Waals surface area contributed by atoms with Crippen LogP contribution < -0.4 is 10.5 Å². The summed E-state index contributed by atoms with van der Waals surface area (Å²) in [5, 5.41) is 0. The van der Waals surface area contributed by atoms with Gasteiger partial charge >= 0.3 is 0 Å². The van der Waals surface area contributed by atoms with E-state index in [0.717, 1.165) is 22.3 Å². The number of rotatable bonds is 2. The molecular formula is C9H12BrNO. The van der Waals surface area contributed by atoms with E-state index in [1.807, 2.05) is 12.1 Å². The Bertz CT molecular complexity index is 261. The number of hydrogen-bond donors (Lipinski definition) is 1. The van der Waals surface area contributed by atoms with E-state index in [2.05, 4.69) is 22.9 Å². The van der Waals surface area contributed by atoms with Gasteiger partial charge in [0, 0.05) is 11.8 Å². The third-order valence-electron chi connectivity index (χ3n) is 1.74. The minimum absolute atomic E-state index is 0.743. The van der Waals surface area contributed by atoms with Crippen LogP contribution in [0.2, 0.25) is 0 Å². The van der Waals surface area contributed by atoms with Crippen LogP contribution in [0.1, 0.15) is 12.5 Å². The Morgan fingerprint density at radius 1 is 1.50 bits per heavy atom. The number of methoxy groups -OCH3 is 1. The molecule has 0 aliphatic rings. The van der Waals surface area contributed by atoms with Crippen LogP contribution in [-0.4, -0.2) is 7.11 Å². The van der Waals surface area contributed by atoms with Gasteiger partial charge in [-0.3, -0.25) is 0 Å². The minimum atomic E-state index is 0.743. The van der Waals surface area contributed by atoms with Crippen LogP contribution in [-0.2, 0) is 6.42 Å². The fourth-order valence-electron chi connectivity index (χ4n) is 1.08. The molecule has 0 saturated heterocycles. The van der Waals surface area contributed by atoms with Crippen molar-refractivity contribution in [3.63, 3.8) is 0 Å². The number of halogens is 1. The quantitative estimate of drug-likeness (QED) is 0.792. The topological polar surface area (TPSA) is 35.2 Å². The molecule has 1 aromatic rings. The molecule has 12 heavy (non-hydrogen) atoms. The van der Waals surface area contributed by atoms with E-state index in [-0.39, 0.29) is 0 Å². The van der Waals surface area contributed by atoms with E-state index in [1.54, 1.807) is 7.11 Å². The smallest absolute Gasteiger partial charge is 0.135 e. The minimum Gasteiger partial charge on any atom is -0.495 e. The van der Waals surface area contributed by atoms with Gasteiger partial charge in [-0.2, -0.15) is 0 Å². The highest BCUT2D eigenvalue weighted by Crippen LogP contribution is 2.31. The number of nitrogens with two attached hydrogens (primary N) is 1. The molecule has 2 nitrogen and oxygen atoms in total. The number of ether oxygens (including phenoxy) is 1. The van der Waals surface area contributed by atoms with Crippen molar-refractivity contribution in [2.45, 2.75) is 13.3 Å². The van der Waals surface area contributed by atoms with Crippen LogP contribution >= 0.6 is 15.9 Å². The number of hydrogen-bond acceptors (Lipinski definition) is 2. The Balaban J connectivity index is 3.22. The fourth-order valence-corrected chi connectivity index (χ4v) is 1.76.